The molecule has 1 N–H and O–H groups in total. The number of para-hydroxylation sites is 1. The lowest BCUT2D eigenvalue weighted by molar-refractivity contribution is 0.335. The van der Waals surface area contributed by atoms with Crippen LogP contribution in [0.25, 0.3) is 0 Å². The molecule has 0 amide bonds. The summed E-state index contributed by atoms with van der Waals surface area (Å²) < 4.78 is 5.87. The first-order valence-electron chi connectivity index (χ1n) is 6.96. The lowest BCUT2D eigenvalue weighted by Gasteiger charge is -2.25. The zero-order valence-electron chi connectivity index (χ0n) is 10.9. The lowest BCUT2D eigenvalue weighted by atomic mass is 9.90. The Bertz CT molecular complexity index is 415. The maximum Gasteiger partial charge on any atom is 0.127 e. The summed E-state index contributed by atoms with van der Waals surface area (Å²) in [6.07, 6.45) is 2.40. The quantitative estimate of drug-likeness (QED) is 0.902. The van der Waals surface area contributed by atoms with Crippen LogP contribution in [-0.4, -0.2) is 24.7 Å². The molecule has 0 radical (unpaired) electrons. The van der Waals surface area contributed by atoms with Gasteiger partial charge in [-0.2, -0.15) is 11.8 Å². The Kier molecular flexibility index (Phi) is 3.80. The van der Waals surface area contributed by atoms with Crippen molar-refractivity contribution in [1.82, 2.24) is 5.32 Å². The van der Waals surface area contributed by atoms with Crippen molar-refractivity contribution in [3.8, 4) is 5.75 Å². The maximum absolute atomic E-state index is 5.87. The van der Waals surface area contributed by atoms with Gasteiger partial charge in [0.05, 0.1) is 6.61 Å². The highest BCUT2D eigenvalue weighted by molar-refractivity contribution is 7.99. The molecule has 3 heteroatoms. The van der Waals surface area contributed by atoms with Gasteiger partial charge in [-0.25, -0.2) is 0 Å². The molecule has 0 aromatic heterocycles. The second kappa shape index (κ2) is 5.54. The SMILES string of the molecule is CCNC(c1cccc2c1OCC2)C1CCSC1. The molecule has 0 bridgehead atoms. The minimum atomic E-state index is 0.470. The first-order chi connectivity index (χ1) is 8.90. The Morgan fingerprint density at radius 1 is 1.50 bits per heavy atom. The van der Waals surface area contributed by atoms with Crippen LogP contribution in [0, 0.1) is 5.92 Å². The number of fused-ring (bicyclic) bond motifs is 1. The van der Waals surface area contributed by atoms with Crippen molar-refractivity contribution in [1.29, 1.82) is 0 Å². The first kappa shape index (κ1) is 12.4. The van der Waals surface area contributed by atoms with Crippen LogP contribution >= 0.6 is 11.8 Å². The summed E-state index contributed by atoms with van der Waals surface area (Å²) in [5, 5.41) is 3.68. The number of rotatable bonds is 4. The van der Waals surface area contributed by atoms with E-state index in [1.165, 1.54) is 34.8 Å². The molecule has 0 spiro atoms. The Morgan fingerprint density at radius 2 is 2.44 bits per heavy atom. The van der Waals surface area contributed by atoms with Crippen molar-refractivity contribution in [3.05, 3.63) is 29.3 Å². The molecule has 1 aromatic carbocycles. The van der Waals surface area contributed by atoms with Crippen molar-refractivity contribution >= 4 is 11.8 Å². The van der Waals surface area contributed by atoms with Gasteiger partial charge in [0.15, 0.2) is 0 Å². The van der Waals surface area contributed by atoms with Gasteiger partial charge in [0, 0.05) is 18.0 Å². The minimum absolute atomic E-state index is 0.470. The van der Waals surface area contributed by atoms with E-state index < -0.39 is 0 Å². The van der Waals surface area contributed by atoms with Crippen LogP contribution in [0.4, 0.5) is 0 Å². The van der Waals surface area contributed by atoms with Crippen molar-refractivity contribution in [3.63, 3.8) is 0 Å². The zero-order chi connectivity index (χ0) is 12.4. The van der Waals surface area contributed by atoms with Crippen molar-refractivity contribution in [2.75, 3.05) is 24.7 Å². The highest BCUT2D eigenvalue weighted by Gasteiger charge is 2.30. The summed E-state index contributed by atoms with van der Waals surface area (Å²) in [6, 6.07) is 7.12. The predicted octanol–water partition coefficient (Wildman–Crippen LogP) is 3.03. The summed E-state index contributed by atoms with van der Waals surface area (Å²) in [5.41, 5.74) is 2.78. The monoisotopic (exact) mass is 263 g/mol. The molecule has 1 aromatic rings. The van der Waals surface area contributed by atoms with Gasteiger partial charge in [0.1, 0.15) is 5.75 Å². The average Bonchev–Trinajstić information content (AvgIpc) is 3.06. The number of hydrogen-bond donors (Lipinski definition) is 1. The van der Waals surface area contributed by atoms with Crippen LogP contribution in [0.5, 0.6) is 5.75 Å². The van der Waals surface area contributed by atoms with Gasteiger partial charge >= 0.3 is 0 Å². The molecule has 2 unspecified atom stereocenters. The van der Waals surface area contributed by atoms with Gasteiger partial charge in [-0.15, -0.1) is 0 Å². The Labute approximate surface area is 113 Å². The van der Waals surface area contributed by atoms with Gasteiger partial charge in [-0.1, -0.05) is 25.1 Å². The fourth-order valence-corrected chi connectivity index (χ4v) is 4.35. The maximum atomic E-state index is 5.87. The standard InChI is InChI=1S/C15H21NOS/c1-2-16-14(12-7-9-18-10-12)13-5-3-4-11-6-8-17-15(11)13/h3-5,12,14,16H,2,6-10H2,1H3. The Balaban J connectivity index is 1.92. The number of thioether (sulfide) groups is 1. The molecule has 3 rings (SSSR count). The van der Waals surface area contributed by atoms with Gasteiger partial charge in [-0.3, -0.25) is 0 Å². The fourth-order valence-electron chi connectivity index (χ4n) is 3.05. The Morgan fingerprint density at radius 3 is 3.22 bits per heavy atom. The zero-order valence-corrected chi connectivity index (χ0v) is 11.8. The van der Waals surface area contributed by atoms with Gasteiger partial charge < -0.3 is 10.1 Å². The normalized spacial score (nSPS) is 23.7. The van der Waals surface area contributed by atoms with Crippen molar-refractivity contribution in [2.45, 2.75) is 25.8 Å². The molecule has 0 saturated carbocycles. The molecular weight excluding hydrogens is 242 g/mol. The van der Waals surface area contributed by atoms with E-state index in [4.69, 9.17) is 4.74 Å². The molecule has 2 aliphatic heterocycles. The number of ether oxygens (including phenoxy) is 1. The van der Waals surface area contributed by atoms with Gasteiger partial charge in [-0.05, 0) is 36.0 Å². The molecule has 2 aliphatic rings. The molecule has 98 valence electrons. The third-order valence-corrected chi connectivity index (χ3v) is 5.13. The predicted molar refractivity (Wildman–Crippen MR) is 77.5 cm³/mol. The molecule has 2 heterocycles. The van der Waals surface area contributed by atoms with Crippen LogP contribution in [0.2, 0.25) is 0 Å². The van der Waals surface area contributed by atoms with E-state index in [1.807, 2.05) is 0 Å². The molecule has 2 nitrogen and oxygen atoms in total. The topological polar surface area (TPSA) is 21.3 Å². The number of hydrogen-bond acceptors (Lipinski definition) is 3. The summed E-state index contributed by atoms with van der Waals surface area (Å²) in [7, 11) is 0. The van der Waals surface area contributed by atoms with E-state index in [9.17, 15) is 0 Å². The van der Waals surface area contributed by atoms with Crippen LogP contribution in [0.1, 0.15) is 30.5 Å². The molecular formula is C15H21NOS. The van der Waals surface area contributed by atoms with E-state index in [0.29, 0.717) is 6.04 Å². The minimum Gasteiger partial charge on any atom is -0.493 e. The van der Waals surface area contributed by atoms with E-state index in [0.717, 1.165) is 25.5 Å². The largest absolute Gasteiger partial charge is 0.493 e. The molecule has 1 fully saturated rings. The van der Waals surface area contributed by atoms with Crippen molar-refractivity contribution < 1.29 is 4.74 Å². The molecule has 2 atom stereocenters. The number of nitrogens with one attached hydrogen (secondary N) is 1. The van der Waals surface area contributed by atoms with Crippen LogP contribution in [0.3, 0.4) is 0 Å². The molecule has 1 saturated heterocycles. The van der Waals surface area contributed by atoms with E-state index in [2.05, 4.69) is 42.2 Å². The molecule has 0 aliphatic carbocycles. The van der Waals surface area contributed by atoms with Crippen molar-refractivity contribution in [2.24, 2.45) is 5.92 Å². The highest BCUT2D eigenvalue weighted by atomic mass is 32.2. The van der Waals surface area contributed by atoms with Gasteiger partial charge in [0.25, 0.3) is 0 Å². The average molecular weight is 263 g/mol. The molecule has 18 heavy (non-hydrogen) atoms. The third-order valence-electron chi connectivity index (χ3n) is 3.94. The van der Waals surface area contributed by atoms with Crippen LogP contribution in [0.15, 0.2) is 18.2 Å². The Hall–Kier alpha value is -0.670. The fraction of sp³-hybridized carbons (Fsp3) is 0.600. The smallest absolute Gasteiger partial charge is 0.127 e. The highest BCUT2D eigenvalue weighted by Crippen LogP contribution is 2.40. The second-order valence-corrected chi connectivity index (χ2v) is 6.24. The van der Waals surface area contributed by atoms with E-state index in [-0.39, 0.29) is 0 Å². The summed E-state index contributed by atoms with van der Waals surface area (Å²) in [6.45, 7) is 4.07. The summed E-state index contributed by atoms with van der Waals surface area (Å²) in [5.74, 6) is 4.51. The lowest BCUT2D eigenvalue weighted by Crippen LogP contribution is -2.28. The summed E-state index contributed by atoms with van der Waals surface area (Å²) >= 11 is 2.08. The van der Waals surface area contributed by atoms with Gasteiger partial charge in [0.2, 0.25) is 0 Å². The van der Waals surface area contributed by atoms with E-state index in [1.54, 1.807) is 0 Å². The van der Waals surface area contributed by atoms with Crippen LogP contribution in [-0.2, 0) is 6.42 Å². The summed E-state index contributed by atoms with van der Waals surface area (Å²) in [4.78, 5) is 0. The third kappa shape index (κ3) is 2.26. The first-order valence-corrected chi connectivity index (χ1v) is 8.11. The van der Waals surface area contributed by atoms with Crippen LogP contribution < -0.4 is 10.1 Å². The number of benzene rings is 1. The van der Waals surface area contributed by atoms with E-state index >= 15 is 0 Å². The second-order valence-electron chi connectivity index (χ2n) is 5.09.